The van der Waals surface area contributed by atoms with Gasteiger partial charge in [-0.2, -0.15) is 0 Å². The molecule has 0 radical (unpaired) electrons. The van der Waals surface area contributed by atoms with Crippen molar-refractivity contribution in [2.24, 2.45) is 11.8 Å². The first-order chi connectivity index (χ1) is 42.3. The number of H-pyrrole nitrogens is 2. The summed E-state index contributed by atoms with van der Waals surface area (Å²) in [5.74, 6) is -4.39. The summed E-state index contributed by atoms with van der Waals surface area (Å²) < 4.78 is 0. The van der Waals surface area contributed by atoms with E-state index in [1.807, 2.05) is 90.1 Å². The average molecular weight is 1220 g/mol. The fourth-order valence-electron chi connectivity index (χ4n) is 12.6. The van der Waals surface area contributed by atoms with Gasteiger partial charge in [0, 0.05) is 58.4 Å². The van der Waals surface area contributed by atoms with E-state index in [9.17, 15) is 58.8 Å². The molecule has 2 aromatic heterocycles. The van der Waals surface area contributed by atoms with Gasteiger partial charge in [-0.15, -0.1) is 0 Å². The van der Waals surface area contributed by atoms with E-state index in [1.54, 1.807) is 22.2 Å². The number of rotatable bonds is 22. The summed E-state index contributed by atoms with van der Waals surface area (Å²) >= 11 is 0. The lowest BCUT2D eigenvalue weighted by Gasteiger charge is -2.40. The minimum absolute atomic E-state index is 0.249. The van der Waals surface area contributed by atoms with Crippen molar-refractivity contribution < 1.29 is 58.8 Å². The number of para-hydroxylation sites is 2. The highest BCUT2D eigenvalue weighted by Gasteiger charge is 2.45. The average Bonchev–Trinajstić information content (AvgIpc) is 1.81. The van der Waals surface area contributed by atoms with Gasteiger partial charge in [0.15, 0.2) is 0 Å². The Hall–Kier alpha value is -6.88. The van der Waals surface area contributed by atoms with Crippen LogP contribution in [0.15, 0.2) is 60.9 Å². The Morgan fingerprint density at radius 2 is 0.818 bits per heavy atom. The molecule has 0 saturated carbocycles. The van der Waals surface area contributed by atoms with Crippen molar-refractivity contribution in [1.29, 1.82) is 0 Å². The summed E-state index contributed by atoms with van der Waals surface area (Å²) in [7, 11) is 0. The van der Waals surface area contributed by atoms with Gasteiger partial charge >= 0.3 is 0 Å². The molecular formula is C66H98N10O12. The Morgan fingerprint density at radius 1 is 0.443 bits per heavy atom. The van der Waals surface area contributed by atoms with Crippen LogP contribution in [0, 0.1) is 11.8 Å². The number of hydrogen-bond donors (Lipinski definition) is 12. The third-order valence-electron chi connectivity index (χ3n) is 18.7. The summed E-state index contributed by atoms with van der Waals surface area (Å²) in [6.07, 6.45) is 12.4. The molecule has 88 heavy (non-hydrogen) atoms. The van der Waals surface area contributed by atoms with Gasteiger partial charge < -0.3 is 72.1 Å². The Kier molecular flexibility index (Phi) is 25.8. The third-order valence-corrected chi connectivity index (χ3v) is 18.7. The van der Waals surface area contributed by atoms with Gasteiger partial charge in [0.25, 0.3) is 0 Å². The van der Waals surface area contributed by atoms with E-state index in [0.29, 0.717) is 112 Å². The minimum Gasteiger partial charge on any atom is -0.393 e. The molecular weight excluding hydrogens is 1120 g/mol. The van der Waals surface area contributed by atoms with Crippen LogP contribution in [0.4, 0.5) is 0 Å². The van der Waals surface area contributed by atoms with E-state index >= 15 is 0 Å². The number of aliphatic hydroxyl groups excluding tert-OH is 4. The number of nitrogens with one attached hydrogen (secondary N) is 8. The van der Waals surface area contributed by atoms with Gasteiger partial charge in [0.1, 0.15) is 60.5 Å². The fraction of sp³-hybridized carbons (Fsp3) is 0.636. The predicted octanol–water partition coefficient (Wildman–Crippen LogP) is 5.64. The maximum atomic E-state index is 14.0. The lowest BCUT2D eigenvalue weighted by molar-refractivity contribution is -0.148. The van der Waals surface area contributed by atoms with Gasteiger partial charge in [-0.25, -0.2) is 0 Å². The smallest absolute Gasteiger partial charge is 0.246 e. The molecule has 22 nitrogen and oxygen atoms in total. The monoisotopic (exact) mass is 1220 g/mol. The lowest BCUT2D eigenvalue weighted by Crippen LogP contribution is -2.64. The number of aromatic amines is 2. The second kappa shape index (κ2) is 33.1. The van der Waals surface area contributed by atoms with Crippen LogP contribution in [0.2, 0.25) is 0 Å². The molecule has 4 aromatic rings. The zero-order chi connectivity index (χ0) is 63.6. The van der Waals surface area contributed by atoms with E-state index in [1.165, 1.54) is 0 Å². The number of piperidine rings is 2. The number of hydrogen-bond acceptors (Lipinski definition) is 12. The largest absolute Gasteiger partial charge is 0.393 e. The summed E-state index contributed by atoms with van der Waals surface area (Å²) in [6, 6.07) is 6.60. The number of carbonyl (C=O) groups is 8. The minimum atomic E-state index is -1.43. The van der Waals surface area contributed by atoms with Crippen LogP contribution >= 0.6 is 0 Å². The molecule has 6 unspecified atom stereocenters. The Labute approximate surface area is 517 Å². The number of unbranched alkanes of at least 4 members (excludes halogenated alkanes) is 4. The molecule has 0 aliphatic carbocycles. The maximum Gasteiger partial charge on any atom is 0.246 e. The first-order valence-corrected chi connectivity index (χ1v) is 32.6. The second-order valence-corrected chi connectivity index (χ2v) is 24.8. The number of aliphatic hydroxyl groups is 4. The molecule has 22 heteroatoms. The molecule has 8 amide bonds. The van der Waals surface area contributed by atoms with E-state index in [0.717, 1.165) is 62.4 Å². The molecule has 4 aliphatic rings. The standard InChI is InChI=1S/2C33H49N5O6/c2*1-4-20(3)27-33(44)38-18-12-11-17-26(38)31(42)35-25(16-8-6-7-13-21(39)5-2)30(41)37-28(32(43)36-27)29(40)23-19-34-24-15-10-9-14-22(23)24/h2*9-10,14-15,19-21,25-29,34,39-40H,4-8,11-13,16-18H2,1-3H3,(H,35,42)(H,36,43)(H,37,41)/t20?,21?,25-,26+,27-,28+,29?;20?,21?,25-,26+,27-,28-,29?/m00/s1. The first kappa shape index (κ1) is 68.6. The SMILES string of the molecule is CCC(O)CCCCC[C@@H]1NC(=O)[C@H]2CCCCN2C(=O)[C@H](C(C)CC)NC(=O)[C@@H](C(O)c2c[nH]c3ccccc23)NC1=O.CCC(O)CCCCC[C@@H]1NC(=O)[C@H]2CCCCN2C(=O)[C@H](C(C)CC)NC(=O)[C@H](C(O)c2c[nH]c3ccccc23)NC1=O. The molecule has 0 spiro atoms. The summed E-state index contributed by atoms with van der Waals surface area (Å²) in [6.45, 7) is 12.2. The quantitative estimate of drug-likeness (QED) is 0.0426. The number of nitrogens with zero attached hydrogens (tertiary/aromatic N) is 2. The highest BCUT2D eigenvalue weighted by atomic mass is 16.3. The number of aromatic nitrogens is 2. The molecule has 484 valence electrons. The number of fused-ring (bicyclic) bond motifs is 4. The fourth-order valence-corrected chi connectivity index (χ4v) is 12.6. The molecule has 14 atom stereocenters. The van der Waals surface area contributed by atoms with Crippen LogP contribution in [-0.4, -0.2) is 161 Å². The van der Waals surface area contributed by atoms with Crippen molar-refractivity contribution in [2.75, 3.05) is 13.1 Å². The Balaban J connectivity index is 0.000000251. The van der Waals surface area contributed by atoms with Gasteiger partial charge in [0.2, 0.25) is 47.3 Å². The lowest BCUT2D eigenvalue weighted by atomic mass is 9.92. The van der Waals surface area contributed by atoms with Crippen LogP contribution in [0.1, 0.15) is 193 Å². The van der Waals surface area contributed by atoms with Crippen LogP contribution < -0.4 is 31.9 Å². The Bertz CT molecular complexity index is 2790. The highest BCUT2D eigenvalue weighted by Crippen LogP contribution is 2.31. The van der Waals surface area contributed by atoms with Crippen molar-refractivity contribution >= 4 is 69.1 Å². The molecule has 12 N–H and O–H groups in total. The van der Waals surface area contributed by atoms with Crippen LogP contribution in [0.5, 0.6) is 0 Å². The van der Waals surface area contributed by atoms with E-state index in [-0.39, 0.29) is 47.7 Å². The topological polar surface area (TPSA) is 328 Å². The van der Waals surface area contributed by atoms with E-state index in [2.05, 4.69) is 41.9 Å². The summed E-state index contributed by atoms with van der Waals surface area (Å²) in [5.41, 5.74) is 2.41. The van der Waals surface area contributed by atoms with Crippen molar-refractivity contribution in [3.05, 3.63) is 72.1 Å². The van der Waals surface area contributed by atoms with Gasteiger partial charge in [-0.3, -0.25) is 38.4 Å². The van der Waals surface area contributed by atoms with Crippen molar-refractivity contribution in [3.63, 3.8) is 0 Å². The van der Waals surface area contributed by atoms with E-state index in [4.69, 9.17) is 0 Å². The number of carbonyl (C=O) groups excluding carboxylic acids is 8. The first-order valence-electron chi connectivity index (χ1n) is 32.6. The van der Waals surface area contributed by atoms with Crippen molar-refractivity contribution in [1.82, 2.24) is 51.7 Å². The van der Waals surface area contributed by atoms with Crippen LogP contribution in [0.25, 0.3) is 21.8 Å². The normalized spacial score (nSPS) is 25.6. The molecule has 2 aromatic carbocycles. The molecule has 4 saturated heterocycles. The van der Waals surface area contributed by atoms with Crippen molar-refractivity contribution in [3.8, 4) is 0 Å². The summed E-state index contributed by atoms with van der Waals surface area (Å²) in [5, 5.41) is 61.5. The number of amides is 8. The molecule has 8 rings (SSSR count). The second-order valence-electron chi connectivity index (χ2n) is 24.8. The zero-order valence-electron chi connectivity index (χ0n) is 52.4. The third kappa shape index (κ3) is 17.3. The zero-order valence-corrected chi connectivity index (χ0v) is 52.4. The van der Waals surface area contributed by atoms with Gasteiger partial charge in [-0.05, 0) is 101 Å². The van der Waals surface area contributed by atoms with Crippen LogP contribution in [-0.2, 0) is 38.4 Å². The van der Waals surface area contributed by atoms with Gasteiger partial charge in [0.05, 0.1) is 12.2 Å². The van der Waals surface area contributed by atoms with E-state index < -0.39 is 84.2 Å². The molecule has 6 heterocycles. The maximum absolute atomic E-state index is 14.0. The number of benzene rings is 2. The molecule has 4 aliphatic heterocycles. The Morgan fingerprint density at radius 3 is 1.19 bits per heavy atom. The molecule has 4 fully saturated rings. The van der Waals surface area contributed by atoms with Crippen LogP contribution in [0.3, 0.4) is 0 Å². The summed E-state index contributed by atoms with van der Waals surface area (Å²) in [4.78, 5) is 120. The van der Waals surface area contributed by atoms with Crippen molar-refractivity contribution in [2.45, 2.75) is 243 Å². The van der Waals surface area contributed by atoms with Gasteiger partial charge in [-0.1, -0.05) is 129 Å². The molecule has 0 bridgehead atoms. The predicted molar refractivity (Wildman–Crippen MR) is 334 cm³/mol. The highest BCUT2D eigenvalue weighted by molar-refractivity contribution is 6.00.